The minimum atomic E-state index is -3.76. The van der Waals surface area contributed by atoms with Crippen molar-refractivity contribution in [3.05, 3.63) is 68.8 Å². The highest BCUT2D eigenvalue weighted by atomic mass is 32.2. The van der Waals surface area contributed by atoms with Gasteiger partial charge in [0.25, 0.3) is 5.69 Å². The van der Waals surface area contributed by atoms with Gasteiger partial charge in [-0.05, 0) is 37.1 Å². The Morgan fingerprint density at radius 3 is 2.45 bits per heavy atom. The van der Waals surface area contributed by atoms with E-state index in [1.807, 2.05) is 11.4 Å². The highest BCUT2D eigenvalue weighted by Gasteiger charge is 2.21. The van der Waals surface area contributed by atoms with E-state index in [-0.39, 0.29) is 21.5 Å². The summed E-state index contributed by atoms with van der Waals surface area (Å²) in [6, 6.07) is 13.0. The molecular weight excluding hydrogens is 436 g/mol. The van der Waals surface area contributed by atoms with Gasteiger partial charge >= 0.3 is 0 Å². The van der Waals surface area contributed by atoms with Crippen molar-refractivity contribution in [3.63, 3.8) is 0 Å². The Labute approximate surface area is 183 Å². The predicted molar refractivity (Wildman–Crippen MR) is 120 cm³/mol. The number of nitro benzene ring substituents is 1. The van der Waals surface area contributed by atoms with Gasteiger partial charge in [-0.25, -0.2) is 18.5 Å². The molecule has 1 heterocycles. The van der Waals surface area contributed by atoms with Crippen molar-refractivity contribution in [1.82, 2.24) is 4.57 Å². The number of nitro groups is 1. The van der Waals surface area contributed by atoms with Gasteiger partial charge in [-0.3, -0.25) is 10.1 Å². The van der Waals surface area contributed by atoms with E-state index in [1.165, 1.54) is 36.0 Å². The Bertz CT molecular complexity index is 1270. The molecule has 1 aliphatic rings. The van der Waals surface area contributed by atoms with Crippen molar-refractivity contribution in [1.29, 1.82) is 0 Å². The molecule has 8 nitrogen and oxygen atoms in total. The summed E-state index contributed by atoms with van der Waals surface area (Å²) in [5, 5.41) is 18.4. The number of non-ortho nitro benzene ring substituents is 1. The van der Waals surface area contributed by atoms with Crippen LogP contribution in [0.4, 0.5) is 11.4 Å². The molecule has 1 saturated carbocycles. The third-order valence-corrected chi connectivity index (χ3v) is 7.19. The van der Waals surface area contributed by atoms with Crippen LogP contribution in [-0.4, -0.2) is 17.9 Å². The molecule has 1 aliphatic carbocycles. The standard InChI is InChI=1S/C21H22N4O4S2/c22-31(28,29)19-11-9-16(10-12-19)23-21-24(17-6-2-1-3-7-17)20(14-30-21)15-5-4-8-18(13-15)25(26)27/h4-5,8-14,17H,1-3,6-7H2,(H2,22,28,29). The number of primary sulfonamides is 1. The molecule has 2 N–H and O–H groups in total. The number of nitrogens with two attached hydrogens (primary N) is 1. The second-order valence-electron chi connectivity index (χ2n) is 7.52. The summed E-state index contributed by atoms with van der Waals surface area (Å²) < 4.78 is 25.2. The van der Waals surface area contributed by atoms with E-state index >= 15 is 0 Å². The van der Waals surface area contributed by atoms with E-state index in [2.05, 4.69) is 4.57 Å². The maximum atomic E-state index is 11.5. The first-order valence-corrected chi connectivity index (χ1v) is 12.4. The third kappa shape index (κ3) is 4.76. The first kappa shape index (κ1) is 21.4. The fourth-order valence-corrected chi connectivity index (χ4v) is 5.41. The maximum Gasteiger partial charge on any atom is 0.270 e. The number of thiazole rings is 1. The zero-order valence-electron chi connectivity index (χ0n) is 16.7. The summed E-state index contributed by atoms with van der Waals surface area (Å²) in [4.78, 5) is 16.4. The smallest absolute Gasteiger partial charge is 0.270 e. The quantitative estimate of drug-likeness (QED) is 0.446. The van der Waals surface area contributed by atoms with Crippen LogP contribution in [0.1, 0.15) is 38.1 Å². The molecule has 1 fully saturated rings. The van der Waals surface area contributed by atoms with Gasteiger partial charge in [-0.15, -0.1) is 11.3 Å². The molecule has 0 amide bonds. The van der Waals surface area contributed by atoms with Crippen LogP contribution in [0.15, 0.2) is 63.8 Å². The van der Waals surface area contributed by atoms with Crippen molar-refractivity contribution in [2.75, 3.05) is 0 Å². The minimum Gasteiger partial charge on any atom is -0.313 e. The van der Waals surface area contributed by atoms with Crippen molar-refractivity contribution in [2.24, 2.45) is 10.1 Å². The molecule has 0 bridgehead atoms. The van der Waals surface area contributed by atoms with Crippen molar-refractivity contribution < 1.29 is 13.3 Å². The highest BCUT2D eigenvalue weighted by Crippen LogP contribution is 2.33. The third-order valence-electron chi connectivity index (χ3n) is 5.42. The molecule has 10 heteroatoms. The maximum absolute atomic E-state index is 11.5. The lowest BCUT2D eigenvalue weighted by atomic mass is 9.95. The fourth-order valence-electron chi connectivity index (χ4n) is 3.90. The number of aromatic nitrogens is 1. The van der Waals surface area contributed by atoms with Gasteiger partial charge in [-0.1, -0.05) is 31.4 Å². The minimum absolute atomic E-state index is 0.0371. The Balaban J connectivity index is 1.82. The molecule has 0 spiro atoms. The van der Waals surface area contributed by atoms with Crippen LogP contribution >= 0.6 is 11.3 Å². The molecule has 0 saturated heterocycles. The summed E-state index contributed by atoms with van der Waals surface area (Å²) in [5.74, 6) is 0. The topological polar surface area (TPSA) is 121 Å². The largest absolute Gasteiger partial charge is 0.313 e. The highest BCUT2D eigenvalue weighted by molar-refractivity contribution is 7.89. The van der Waals surface area contributed by atoms with Gasteiger partial charge in [0.05, 0.1) is 21.2 Å². The number of benzene rings is 2. The SMILES string of the molecule is NS(=O)(=O)c1ccc(N=c2scc(-c3cccc([N+](=O)[O-])c3)n2C2CCCCC2)cc1. The lowest BCUT2D eigenvalue weighted by Crippen LogP contribution is -2.23. The molecule has 0 radical (unpaired) electrons. The van der Waals surface area contributed by atoms with Crippen LogP contribution in [0.3, 0.4) is 0 Å². The Morgan fingerprint density at radius 1 is 1.10 bits per heavy atom. The van der Waals surface area contributed by atoms with Crippen LogP contribution in [0, 0.1) is 10.1 Å². The second-order valence-corrected chi connectivity index (χ2v) is 9.92. The van der Waals surface area contributed by atoms with E-state index < -0.39 is 10.0 Å². The molecule has 2 aromatic carbocycles. The zero-order valence-corrected chi connectivity index (χ0v) is 18.3. The molecule has 3 aromatic rings. The Morgan fingerprint density at radius 2 is 1.81 bits per heavy atom. The molecule has 4 rings (SSSR count). The van der Waals surface area contributed by atoms with Crippen LogP contribution < -0.4 is 9.94 Å². The van der Waals surface area contributed by atoms with Gasteiger partial charge < -0.3 is 4.57 Å². The number of sulfonamides is 1. The summed E-state index contributed by atoms with van der Waals surface area (Å²) >= 11 is 1.47. The molecule has 0 aliphatic heterocycles. The molecule has 31 heavy (non-hydrogen) atoms. The van der Waals surface area contributed by atoms with Crippen molar-refractivity contribution in [2.45, 2.75) is 43.0 Å². The van der Waals surface area contributed by atoms with Crippen molar-refractivity contribution in [3.8, 4) is 11.3 Å². The zero-order chi connectivity index (χ0) is 22.0. The van der Waals surface area contributed by atoms with Gasteiger partial charge in [0.2, 0.25) is 10.0 Å². The van der Waals surface area contributed by atoms with Crippen LogP contribution in [-0.2, 0) is 10.0 Å². The first-order chi connectivity index (χ1) is 14.8. The molecule has 0 atom stereocenters. The summed E-state index contributed by atoms with van der Waals surface area (Å²) in [7, 11) is -3.76. The summed E-state index contributed by atoms with van der Waals surface area (Å²) in [6.45, 7) is 0. The van der Waals surface area contributed by atoms with Crippen LogP contribution in [0.5, 0.6) is 0 Å². The monoisotopic (exact) mass is 458 g/mol. The summed E-state index contributed by atoms with van der Waals surface area (Å²) in [6.07, 6.45) is 5.51. The lowest BCUT2D eigenvalue weighted by Gasteiger charge is -2.25. The molecule has 1 aromatic heterocycles. The summed E-state index contributed by atoms with van der Waals surface area (Å²) in [5.41, 5.74) is 2.35. The van der Waals surface area contributed by atoms with Gasteiger partial charge in [0.15, 0.2) is 4.80 Å². The molecule has 162 valence electrons. The molecular formula is C21H22N4O4S2. The first-order valence-electron chi connectivity index (χ1n) is 9.95. The molecule has 0 unspecified atom stereocenters. The Kier molecular flexibility index (Phi) is 6.03. The normalized spacial score (nSPS) is 15.8. The number of nitrogens with zero attached hydrogens (tertiary/aromatic N) is 3. The van der Waals surface area contributed by atoms with E-state index in [0.717, 1.165) is 41.7 Å². The fraction of sp³-hybridized carbons (Fsp3) is 0.286. The number of hydrogen-bond donors (Lipinski definition) is 1. The van der Waals surface area contributed by atoms with Gasteiger partial charge in [0.1, 0.15) is 0 Å². The van der Waals surface area contributed by atoms with E-state index in [0.29, 0.717) is 5.69 Å². The lowest BCUT2D eigenvalue weighted by molar-refractivity contribution is -0.384. The number of hydrogen-bond acceptors (Lipinski definition) is 6. The van der Waals surface area contributed by atoms with Crippen LogP contribution in [0.25, 0.3) is 11.3 Å². The van der Waals surface area contributed by atoms with Crippen LogP contribution in [0.2, 0.25) is 0 Å². The Hall–Kier alpha value is -2.82. The number of rotatable bonds is 5. The van der Waals surface area contributed by atoms with Crippen molar-refractivity contribution >= 4 is 32.7 Å². The average Bonchev–Trinajstić information content (AvgIpc) is 3.17. The van der Waals surface area contributed by atoms with E-state index in [1.54, 1.807) is 24.3 Å². The van der Waals surface area contributed by atoms with E-state index in [4.69, 9.17) is 10.1 Å². The van der Waals surface area contributed by atoms with Gasteiger partial charge in [0, 0.05) is 29.1 Å². The van der Waals surface area contributed by atoms with E-state index in [9.17, 15) is 18.5 Å². The van der Waals surface area contributed by atoms with Gasteiger partial charge in [-0.2, -0.15) is 0 Å². The predicted octanol–water partition coefficient (Wildman–Crippen LogP) is 4.51. The average molecular weight is 459 g/mol. The second kappa shape index (κ2) is 8.74.